The van der Waals surface area contributed by atoms with Crippen molar-refractivity contribution in [1.29, 1.82) is 0 Å². The van der Waals surface area contributed by atoms with Crippen LogP contribution in [0, 0.1) is 16.7 Å². The van der Waals surface area contributed by atoms with E-state index in [4.69, 9.17) is 4.74 Å². The molecular weight excluding hydrogens is 276 g/mol. The first-order chi connectivity index (χ1) is 10.4. The van der Waals surface area contributed by atoms with Crippen molar-refractivity contribution < 1.29 is 14.6 Å². The van der Waals surface area contributed by atoms with E-state index in [-0.39, 0.29) is 22.5 Å². The summed E-state index contributed by atoms with van der Waals surface area (Å²) in [7, 11) is 0. The highest BCUT2D eigenvalue weighted by molar-refractivity contribution is 6.05. The molecule has 3 nitrogen and oxygen atoms in total. The van der Waals surface area contributed by atoms with Crippen LogP contribution in [-0.4, -0.2) is 22.1 Å². The summed E-state index contributed by atoms with van der Waals surface area (Å²) >= 11 is 0. The van der Waals surface area contributed by atoms with E-state index in [1.807, 2.05) is 38.1 Å². The van der Waals surface area contributed by atoms with Gasteiger partial charge >= 0.3 is 0 Å². The number of benzene rings is 1. The van der Waals surface area contributed by atoms with Gasteiger partial charge < -0.3 is 9.84 Å². The Morgan fingerprint density at radius 1 is 1.14 bits per heavy atom. The second-order valence-electron chi connectivity index (χ2n) is 8.64. The van der Waals surface area contributed by atoms with Crippen molar-refractivity contribution in [2.45, 2.75) is 56.3 Å². The number of rotatable bonds is 0. The van der Waals surface area contributed by atoms with Gasteiger partial charge in [-0.3, -0.25) is 4.79 Å². The smallest absolute Gasteiger partial charge is 0.169 e. The van der Waals surface area contributed by atoms with Gasteiger partial charge in [0.1, 0.15) is 11.2 Å². The third-order valence-electron chi connectivity index (χ3n) is 7.83. The van der Waals surface area contributed by atoms with Crippen molar-refractivity contribution in [2.24, 2.45) is 16.7 Å². The average molecular weight is 296 g/mol. The molecule has 22 heavy (non-hydrogen) atoms. The van der Waals surface area contributed by atoms with Crippen LogP contribution in [0.1, 0.15) is 55.5 Å². The molecule has 3 spiro atoms. The predicted molar refractivity (Wildman–Crippen MR) is 79.4 cm³/mol. The van der Waals surface area contributed by atoms with Crippen LogP contribution in [0.25, 0.3) is 0 Å². The van der Waals surface area contributed by atoms with E-state index in [0.717, 1.165) is 36.8 Å². The molecule has 4 fully saturated rings. The van der Waals surface area contributed by atoms with Crippen LogP contribution in [0.15, 0.2) is 24.3 Å². The monoisotopic (exact) mass is 296 g/mol. The van der Waals surface area contributed by atoms with Gasteiger partial charge in [-0.2, -0.15) is 0 Å². The zero-order chi connectivity index (χ0) is 15.2. The maximum Gasteiger partial charge on any atom is 0.169 e. The molecule has 0 bridgehead atoms. The highest BCUT2D eigenvalue weighted by Gasteiger charge is 3.00. The fourth-order valence-corrected chi connectivity index (χ4v) is 6.92. The van der Waals surface area contributed by atoms with Gasteiger partial charge in [-0.05, 0) is 44.9 Å². The third kappa shape index (κ3) is 0.774. The second kappa shape index (κ2) is 2.83. The van der Waals surface area contributed by atoms with Crippen LogP contribution in [0.4, 0.5) is 0 Å². The molecule has 1 aromatic rings. The molecular formula is C19H20O3. The number of ether oxygens (including phenoxy) is 1. The summed E-state index contributed by atoms with van der Waals surface area (Å²) < 4.78 is 6.43. The van der Waals surface area contributed by atoms with Crippen molar-refractivity contribution in [3.05, 3.63) is 35.4 Å². The average Bonchev–Trinajstić information content (AvgIpc) is 3.36. The second-order valence-corrected chi connectivity index (χ2v) is 8.64. The molecule has 3 heteroatoms. The van der Waals surface area contributed by atoms with Gasteiger partial charge in [-0.15, -0.1) is 0 Å². The van der Waals surface area contributed by atoms with Crippen molar-refractivity contribution in [3.63, 3.8) is 0 Å². The maximum absolute atomic E-state index is 13.2. The normalized spacial score (nSPS) is 46.1. The largest absolute Gasteiger partial charge is 0.379 e. The Hall–Kier alpha value is -1.19. The Kier molecular flexibility index (Phi) is 1.57. The molecule has 0 radical (unpaired) electrons. The molecule has 1 N–H and O–H groups in total. The van der Waals surface area contributed by atoms with Gasteiger partial charge in [0.05, 0.1) is 11.5 Å². The van der Waals surface area contributed by atoms with E-state index in [1.165, 1.54) is 0 Å². The Labute approximate surface area is 129 Å². The summed E-state index contributed by atoms with van der Waals surface area (Å²) in [6.45, 7) is 3.94. The zero-order valence-electron chi connectivity index (χ0n) is 13.0. The lowest BCUT2D eigenvalue weighted by Crippen LogP contribution is -2.92. The molecule has 1 saturated heterocycles. The molecule has 1 aromatic carbocycles. The molecule has 0 amide bonds. The minimum Gasteiger partial charge on any atom is -0.379 e. The first-order valence-corrected chi connectivity index (χ1v) is 8.44. The molecule has 1 aliphatic heterocycles. The van der Waals surface area contributed by atoms with E-state index >= 15 is 0 Å². The standard InChI is InChI=1S/C19H20O3/c1-15(2)18(21)12-6-4-3-5-11(12)13(20)14-16(7-8-16)17(9-10-17)19(14,18)22-15/h3-6,14,21H,7-10H2,1-2H3. The molecule has 0 aromatic heterocycles. The summed E-state index contributed by atoms with van der Waals surface area (Å²) in [4.78, 5) is 13.2. The van der Waals surface area contributed by atoms with Gasteiger partial charge in [-0.25, -0.2) is 0 Å². The van der Waals surface area contributed by atoms with Crippen LogP contribution < -0.4 is 0 Å². The lowest BCUT2D eigenvalue weighted by atomic mass is 9.34. The molecule has 4 aliphatic carbocycles. The number of Topliss-reactive ketones (excluding diaryl/α,β-unsaturated/α-hetero) is 1. The predicted octanol–water partition coefficient (Wildman–Crippen LogP) is 2.81. The van der Waals surface area contributed by atoms with Crippen molar-refractivity contribution >= 4 is 5.78 Å². The third-order valence-corrected chi connectivity index (χ3v) is 7.83. The van der Waals surface area contributed by atoms with Gasteiger partial charge in [0.15, 0.2) is 5.78 Å². The number of carbonyl (C=O) groups is 1. The van der Waals surface area contributed by atoms with Crippen molar-refractivity contribution in [1.82, 2.24) is 0 Å². The first-order valence-electron chi connectivity index (χ1n) is 8.44. The van der Waals surface area contributed by atoms with Crippen LogP contribution >= 0.6 is 0 Å². The maximum atomic E-state index is 13.2. The van der Waals surface area contributed by atoms with Gasteiger partial charge in [0, 0.05) is 16.5 Å². The van der Waals surface area contributed by atoms with Crippen LogP contribution in [0.5, 0.6) is 0 Å². The van der Waals surface area contributed by atoms with Crippen LogP contribution in [-0.2, 0) is 10.3 Å². The number of hydrogen-bond donors (Lipinski definition) is 1. The number of ketones is 1. The van der Waals surface area contributed by atoms with E-state index in [0.29, 0.717) is 0 Å². The summed E-state index contributed by atoms with van der Waals surface area (Å²) in [5.74, 6) is 0.0845. The highest BCUT2D eigenvalue weighted by atomic mass is 16.6. The molecule has 3 atom stereocenters. The van der Waals surface area contributed by atoms with Crippen LogP contribution in [0.3, 0.4) is 0 Å². The Morgan fingerprint density at radius 3 is 2.41 bits per heavy atom. The van der Waals surface area contributed by atoms with Crippen molar-refractivity contribution in [2.75, 3.05) is 0 Å². The summed E-state index contributed by atoms with van der Waals surface area (Å²) in [6.07, 6.45) is 4.48. The van der Waals surface area contributed by atoms with E-state index in [2.05, 4.69) is 0 Å². The summed E-state index contributed by atoms with van der Waals surface area (Å²) in [5.41, 5.74) is -0.572. The van der Waals surface area contributed by atoms with Gasteiger partial charge in [0.2, 0.25) is 0 Å². The summed E-state index contributed by atoms with van der Waals surface area (Å²) in [5, 5.41) is 11.9. The molecule has 114 valence electrons. The lowest BCUT2D eigenvalue weighted by Gasteiger charge is -2.80. The molecule has 1 heterocycles. The Morgan fingerprint density at radius 2 is 1.82 bits per heavy atom. The Bertz CT molecular complexity index is 771. The SMILES string of the molecule is CC1(C)OC23C(C(=O)c4ccccc4C12O)C1(CC1)C31CC1. The van der Waals surface area contributed by atoms with Crippen molar-refractivity contribution in [3.8, 4) is 0 Å². The molecule has 3 unspecified atom stereocenters. The first kappa shape index (κ1) is 12.3. The number of fused-ring (bicyclic) bond motifs is 4. The fraction of sp³-hybridized carbons (Fsp3) is 0.632. The topological polar surface area (TPSA) is 46.5 Å². The number of hydrogen-bond acceptors (Lipinski definition) is 3. The molecule has 3 saturated carbocycles. The molecule has 6 rings (SSSR count). The minimum atomic E-state index is -1.03. The summed E-state index contributed by atoms with van der Waals surface area (Å²) in [6, 6.07) is 7.66. The Balaban J connectivity index is 1.70. The van der Waals surface area contributed by atoms with Gasteiger partial charge in [-0.1, -0.05) is 24.3 Å². The minimum absolute atomic E-state index is 0.0676. The number of carbonyl (C=O) groups excluding carboxylic acids is 1. The lowest BCUT2D eigenvalue weighted by molar-refractivity contribution is -0.483. The van der Waals surface area contributed by atoms with Crippen LogP contribution in [0.2, 0.25) is 0 Å². The quantitative estimate of drug-likeness (QED) is 0.801. The van der Waals surface area contributed by atoms with Gasteiger partial charge in [0.25, 0.3) is 0 Å². The highest BCUT2D eigenvalue weighted by Crippen LogP contribution is 2.95. The van der Waals surface area contributed by atoms with E-state index in [1.54, 1.807) is 0 Å². The zero-order valence-corrected chi connectivity index (χ0v) is 13.0. The number of aliphatic hydroxyl groups is 1. The fourth-order valence-electron chi connectivity index (χ4n) is 6.92. The van der Waals surface area contributed by atoms with E-state index in [9.17, 15) is 9.90 Å². The molecule has 5 aliphatic rings. The van der Waals surface area contributed by atoms with E-state index < -0.39 is 16.8 Å².